The summed E-state index contributed by atoms with van der Waals surface area (Å²) in [5, 5.41) is 12.5. The number of piperidine rings is 1. The van der Waals surface area contributed by atoms with Crippen molar-refractivity contribution in [2.75, 3.05) is 13.1 Å². The highest BCUT2D eigenvalue weighted by Gasteiger charge is 2.27. The number of para-hydroxylation sites is 1. The van der Waals surface area contributed by atoms with E-state index in [9.17, 15) is 9.59 Å². The molecule has 0 spiro atoms. The average Bonchev–Trinajstić information content (AvgIpc) is 2.98. The first-order valence-corrected chi connectivity index (χ1v) is 8.50. The van der Waals surface area contributed by atoms with Crippen molar-refractivity contribution in [1.29, 1.82) is 0 Å². The second kappa shape index (κ2) is 6.54. The Labute approximate surface area is 138 Å². The van der Waals surface area contributed by atoms with Crippen LogP contribution in [0.25, 0.3) is 10.2 Å². The van der Waals surface area contributed by atoms with Crippen LogP contribution in [-0.4, -0.2) is 46.1 Å². The van der Waals surface area contributed by atoms with Gasteiger partial charge in [-0.05, 0) is 31.9 Å². The van der Waals surface area contributed by atoms with E-state index >= 15 is 0 Å². The number of hydrogen-bond donors (Lipinski definition) is 2. The number of thiazole rings is 1. The molecular formula is C16H19N3O3S. The van der Waals surface area contributed by atoms with Gasteiger partial charge in [0, 0.05) is 19.0 Å². The molecule has 2 heterocycles. The zero-order valence-corrected chi connectivity index (χ0v) is 13.7. The third-order valence-corrected chi connectivity index (χ3v) is 5.35. The molecule has 0 saturated carbocycles. The second-order valence-corrected chi connectivity index (χ2v) is 6.85. The number of amides is 2. The van der Waals surface area contributed by atoms with E-state index in [-0.39, 0.29) is 6.03 Å². The van der Waals surface area contributed by atoms with E-state index in [0.29, 0.717) is 19.0 Å². The molecule has 122 valence electrons. The number of aromatic nitrogens is 1. The van der Waals surface area contributed by atoms with Gasteiger partial charge in [0.25, 0.3) is 0 Å². The van der Waals surface area contributed by atoms with E-state index in [2.05, 4.69) is 11.4 Å². The number of rotatable bonds is 3. The van der Waals surface area contributed by atoms with Crippen LogP contribution >= 0.6 is 11.3 Å². The van der Waals surface area contributed by atoms with Crippen LogP contribution in [0.2, 0.25) is 0 Å². The van der Waals surface area contributed by atoms with Crippen molar-refractivity contribution >= 4 is 33.6 Å². The normalized spacial score (nSPS) is 17.2. The van der Waals surface area contributed by atoms with Gasteiger partial charge in [-0.15, -0.1) is 11.3 Å². The van der Waals surface area contributed by atoms with Crippen LogP contribution in [0.5, 0.6) is 0 Å². The lowest BCUT2D eigenvalue weighted by Gasteiger charge is -2.31. The fraction of sp³-hybridized carbons (Fsp3) is 0.438. The van der Waals surface area contributed by atoms with Gasteiger partial charge < -0.3 is 15.3 Å². The minimum atomic E-state index is -1.03. The number of fused-ring (bicyclic) bond motifs is 1. The molecule has 1 aromatic carbocycles. The molecule has 3 rings (SSSR count). The Morgan fingerprint density at radius 3 is 2.70 bits per heavy atom. The Morgan fingerprint density at radius 2 is 2.04 bits per heavy atom. The number of carboxylic acid groups (broad SMARTS) is 1. The van der Waals surface area contributed by atoms with Crippen molar-refractivity contribution in [2.24, 2.45) is 0 Å². The van der Waals surface area contributed by atoms with Crippen LogP contribution in [-0.2, 0) is 4.79 Å². The average molecular weight is 333 g/mol. The minimum absolute atomic E-state index is 0.303. The van der Waals surface area contributed by atoms with Gasteiger partial charge in [-0.3, -0.25) is 4.79 Å². The first-order chi connectivity index (χ1) is 11.0. The fourth-order valence-electron chi connectivity index (χ4n) is 2.73. The van der Waals surface area contributed by atoms with Gasteiger partial charge in [0.15, 0.2) is 0 Å². The highest BCUT2D eigenvalue weighted by Crippen LogP contribution is 2.33. The third-order valence-electron chi connectivity index (χ3n) is 4.15. The topological polar surface area (TPSA) is 82.5 Å². The summed E-state index contributed by atoms with van der Waals surface area (Å²) < 4.78 is 1.19. The van der Waals surface area contributed by atoms with E-state index in [1.165, 1.54) is 11.6 Å². The van der Waals surface area contributed by atoms with E-state index in [1.54, 1.807) is 16.2 Å². The predicted molar refractivity (Wildman–Crippen MR) is 88.8 cm³/mol. The number of aliphatic carboxylic acids is 1. The van der Waals surface area contributed by atoms with Crippen molar-refractivity contribution in [3.8, 4) is 0 Å². The van der Waals surface area contributed by atoms with E-state index in [0.717, 1.165) is 23.4 Å². The van der Waals surface area contributed by atoms with Gasteiger partial charge in [-0.25, -0.2) is 9.78 Å². The SMILES string of the molecule is CC(NC(=O)N1CCC(c2nc3ccccc3s2)CC1)C(=O)O. The fourth-order valence-corrected chi connectivity index (χ4v) is 3.87. The van der Waals surface area contributed by atoms with Crippen LogP contribution in [0.15, 0.2) is 24.3 Å². The zero-order chi connectivity index (χ0) is 16.4. The Morgan fingerprint density at radius 1 is 1.35 bits per heavy atom. The van der Waals surface area contributed by atoms with Gasteiger partial charge in [-0.2, -0.15) is 0 Å². The molecule has 1 unspecified atom stereocenters. The summed E-state index contributed by atoms with van der Waals surface area (Å²) in [5.41, 5.74) is 1.03. The van der Waals surface area contributed by atoms with Gasteiger partial charge in [0.1, 0.15) is 6.04 Å². The van der Waals surface area contributed by atoms with Gasteiger partial charge in [-0.1, -0.05) is 12.1 Å². The quantitative estimate of drug-likeness (QED) is 0.904. The van der Waals surface area contributed by atoms with Gasteiger partial charge >= 0.3 is 12.0 Å². The van der Waals surface area contributed by atoms with Crippen LogP contribution in [0.3, 0.4) is 0 Å². The molecule has 2 N–H and O–H groups in total. The molecule has 1 aliphatic rings. The maximum atomic E-state index is 12.0. The molecule has 2 amide bonds. The lowest BCUT2D eigenvalue weighted by molar-refractivity contribution is -0.138. The van der Waals surface area contributed by atoms with Crippen molar-refractivity contribution in [3.05, 3.63) is 29.3 Å². The number of carboxylic acids is 1. The standard InChI is InChI=1S/C16H19N3O3S/c1-10(15(20)21)17-16(22)19-8-6-11(7-9-19)14-18-12-4-2-3-5-13(12)23-14/h2-5,10-11H,6-9H2,1H3,(H,17,22)(H,20,21). The molecule has 1 atom stereocenters. The summed E-state index contributed by atoms with van der Waals surface area (Å²) in [6.45, 7) is 2.71. The predicted octanol–water partition coefficient (Wildman–Crippen LogP) is 2.66. The Balaban J connectivity index is 1.59. The molecule has 2 aromatic rings. The number of urea groups is 1. The number of likely N-dealkylation sites (tertiary alicyclic amines) is 1. The summed E-state index contributed by atoms with van der Waals surface area (Å²) in [6, 6.07) is 6.92. The number of hydrogen-bond acceptors (Lipinski definition) is 4. The van der Waals surface area contributed by atoms with Crippen LogP contribution < -0.4 is 5.32 Å². The summed E-state index contributed by atoms with van der Waals surface area (Å²) in [7, 11) is 0. The molecule has 0 aliphatic carbocycles. The number of carbonyl (C=O) groups excluding carboxylic acids is 1. The number of nitrogens with zero attached hydrogens (tertiary/aromatic N) is 2. The highest BCUT2D eigenvalue weighted by atomic mass is 32.1. The zero-order valence-electron chi connectivity index (χ0n) is 12.9. The Hall–Kier alpha value is -2.15. The van der Waals surface area contributed by atoms with Crippen molar-refractivity contribution in [2.45, 2.75) is 31.7 Å². The summed E-state index contributed by atoms with van der Waals surface area (Å²) in [6.07, 6.45) is 1.71. The van der Waals surface area contributed by atoms with E-state index < -0.39 is 12.0 Å². The summed E-state index contributed by atoms with van der Waals surface area (Å²) in [4.78, 5) is 29.2. The smallest absolute Gasteiger partial charge is 0.325 e. The third kappa shape index (κ3) is 3.44. The van der Waals surface area contributed by atoms with Crippen LogP contribution in [0, 0.1) is 0 Å². The molecule has 7 heteroatoms. The minimum Gasteiger partial charge on any atom is -0.480 e. The monoisotopic (exact) mass is 333 g/mol. The summed E-state index contributed by atoms with van der Waals surface area (Å²) >= 11 is 1.72. The number of carbonyl (C=O) groups is 2. The van der Waals surface area contributed by atoms with Crippen LogP contribution in [0.4, 0.5) is 4.79 Å². The van der Waals surface area contributed by atoms with E-state index in [4.69, 9.17) is 10.1 Å². The molecule has 1 fully saturated rings. The molecule has 0 radical (unpaired) electrons. The molecular weight excluding hydrogens is 314 g/mol. The Bertz CT molecular complexity index is 689. The first kappa shape index (κ1) is 15.7. The highest BCUT2D eigenvalue weighted by molar-refractivity contribution is 7.18. The van der Waals surface area contributed by atoms with Crippen LogP contribution in [0.1, 0.15) is 30.7 Å². The first-order valence-electron chi connectivity index (χ1n) is 7.68. The van der Waals surface area contributed by atoms with Crippen molar-refractivity contribution < 1.29 is 14.7 Å². The molecule has 1 saturated heterocycles. The molecule has 23 heavy (non-hydrogen) atoms. The number of benzene rings is 1. The lowest BCUT2D eigenvalue weighted by Crippen LogP contribution is -2.49. The van der Waals surface area contributed by atoms with Gasteiger partial charge in [0.2, 0.25) is 0 Å². The second-order valence-electron chi connectivity index (χ2n) is 5.79. The molecule has 0 bridgehead atoms. The summed E-state index contributed by atoms with van der Waals surface area (Å²) in [5.74, 6) is -0.656. The van der Waals surface area contributed by atoms with Crippen molar-refractivity contribution in [3.63, 3.8) is 0 Å². The maximum absolute atomic E-state index is 12.0. The lowest BCUT2D eigenvalue weighted by atomic mass is 9.98. The molecule has 6 nitrogen and oxygen atoms in total. The van der Waals surface area contributed by atoms with E-state index in [1.807, 2.05) is 18.2 Å². The maximum Gasteiger partial charge on any atom is 0.325 e. The van der Waals surface area contributed by atoms with Gasteiger partial charge in [0.05, 0.1) is 15.2 Å². The Kier molecular flexibility index (Phi) is 4.47. The molecule has 1 aliphatic heterocycles. The molecule has 1 aromatic heterocycles. The van der Waals surface area contributed by atoms with Crippen molar-refractivity contribution in [1.82, 2.24) is 15.2 Å². The largest absolute Gasteiger partial charge is 0.480 e. The number of nitrogens with one attached hydrogen (secondary N) is 1.